The molecule has 1 aliphatic heterocycles. The van der Waals surface area contributed by atoms with Crippen LogP contribution in [0.5, 0.6) is 11.5 Å². The molecule has 3 heterocycles. The molecule has 2 aromatic carbocycles. The van der Waals surface area contributed by atoms with Crippen LogP contribution in [-0.2, 0) is 4.79 Å². The number of benzene rings is 2. The van der Waals surface area contributed by atoms with Crippen molar-refractivity contribution < 1.29 is 19.1 Å². The van der Waals surface area contributed by atoms with E-state index in [9.17, 15) is 14.7 Å². The lowest BCUT2D eigenvalue weighted by molar-refractivity contribution is -0.114. The lowest BCUT2D eigenvalue weighted by Gasteiger charge is -2.22. The number of thiazole rings is 1. The number of allylic oxidation sites excluding steroid dienone is 2. The number of methoxy groups -OCH3 is 1. The molecule has 0 aliphatic carbocycles. The van der Waals surface area contributed by atoms with Gasteiger partial charge in [-0.1, -0.05) is 45.5 Å². The second kappa shape index (κ2) is 9.40. The van der Waals surface area contributed by atoms with Crippen LogP contribution in [0.1, 0.15) is 31.2 Å². The van der Waals surface area contributed by atoms with E-state index in [1.807, 2.05) is 30.3 Å². The van der Waals surface area contributed by atoms with Crippen molar-refractivity contribution in [3.63, 3.8) is 0 Å². The first-order chi connectivity index (χ1) is 17.3. The van der Waals surface area contributed by atoms with Crippen LogP contribution < -0.4 is 19.6 Å². The minimum atomic E-state index is -0.737. The van der Waals surface area contributed by atoms with E-state index in [0.717, 1.165) is 10.0 Å². The third-order valence-corrected chi connectivity index (χ3v) is 7.44. The third-order valence-electron chi connectivity index (χ3n) is 5.93. The standard InChI is InChI=1S/C27H21BrN2O5S/c1-14-24(15(2)31)25(21-11-10-20(35-21)17-5-7-18(28)8-6-17)30-26(33)23(36-27(30)29-14)13-16-4-9-19(32)22(12-16)34-3/h4-13,25,32H,1-3H3/b23-13+/t25-/m0/s1. The predicted octanol–water partition coefficient (Wildman–Crippen LogP) is 4.56. The number of aromatic nitrogens is 1. The molecule has 1 aliphatic rings. The van der Waals surface area contributed by atoms with Gasteiger partial charge in [-0.3, -0.25) is 14.2 Å². The Morgan fingerprint density at radius 1 is 1.19 bits per heavy atom. The Balaban J connectivity index is 1.67. The molecule has 2 aromatic heterocycles. The highest BCUT2D eigenvalue weighted by Crippen LogP contribution is 2.34. The molecule has 0 saturated carbocycles. The van der Waals surface area contributed by atoms with Crippen molar-refractivity contribution in [2.75, 3.05) is 7.11 Å². The maximum absolute atomic E-state index is 13.6. The van der Waals surface area contributed by atoms with Gasteiger partial charge < -0.3 is 14.3 Å². The van der Waals surface area contributed by atoms with Crippen molar-refractivity contribution in [2.45, 2.75) is 19.9 Å². The van der Waals surface area contributed by atoms with E-state index >= 15 is 0 Å². The number of rotatable bonds is 5. The fraction of sp³-hybridized carbons (Fsp3) is 0.148. The molecule has 0 fully saturated rings. The van der Waals surface area contributed by atoms with Crippen molar-refractivity contribution >= 4 is 39.1 Å². The normalized spacial score (nSPS) is 15.6. The highest BCUT2D eigenvalue weighted by Gasteiger charge is 2.33. The molecular weight excluding hydrogens is 544 g/mol. The van der Waals surface area contributed by atoms with Gasteiger partial charge in [0, 0.05) is 21.3 Å². The second-order valence-electron chi connectivity index (χ2n) is 8.28. The molecule has 1 N–H and O–H groups in total. The number of furan rings is 1. The highest BCUT2D eigenvalue weighted by molar-refractivity contribution is 9.10. The van der Waals surface area contributed by atoms with Crippen molar-refractivity contribution in [1.82, 2.24) is 4.57 Å². The minimum Gasteiger partial charge on any atom is -0.504 e. The number of carbonyl (C=O) groups excluding carboxylic acids is 1. The first-order valence-electron chi connectivity index (χ1n) is 11.0. The van der Waals surface area contributed by atoms with Crippen molar-refractivity contribution in [1.29, 1.82) is 0 Å². The summed E-state index contributed by atoms with van der Waals surface area (Å²) in [6.07, 6.45) is 1.71. The number of Topliss-reactive ketones (excluding diaryl/α,β-unsaturated/α-hetero) is 1. The summed E-state index contributed by atoms with van der Waals surface area (Å²) in [5.74, 6) is 1.25. The quantitative estimate of drug-likeness (QED) is 0.383. The average molecular weight is 565 g/mol. The zero-order valence-electron chi connectivity index (χ0n) is 19.6. The zero-order chi connectivity index (χ0) is 25.6. The summed E-state index contributed by atoms with van der Waals surface area (Å²) in [7, 11) is 1.46. The van der Waals surface area contributed by atoms with Crippen LogP contribution in [0.25, 0.3) is 17.4 Å². The number of hydrogen-bond donors (Lipinski definition) is 1. The molecule has 182 valence electrons. The summed E-state index contributed by atoms with van der Waals surface area (Å²) < 4.78 is 14.3. The minimum absolute atomic E-state index is 0.0113. The Morgan fingerprint density at radius 2 is 1.94 bits per heavy atom. The molecule has 7 nitrogen and oxygen atoms in total. The van der Waals surface area contributed by atoms with Gasteiger partial charge in [0.15, 0.2) is 22.1 Å². The summed E-state index contributed by atoms with van der Waals surface area (Å²) in [6, 6.07) is 15.4. The average Bonchev–Trinajstić information content (AvgIpc) is 3.45. The topological polar surface area (TPSA) is 94.0 Å². The molecule has 0 bridgehead atoms. The van der Waals surface area contributed by atoms with E-state index in [2.05, 4.69) is 20.9 Å². The lowest BCUT2D eigenvalue weighted by Crippen LogP contribution is -2.39. The second-order valence-corrected chi connectivity index (χ2v) is 10.2. The van der Waals surface area contributed by atoms with E-state index in [1.54, 1.807) is 31.2 Å². The largest absolute Gasteiger partial charge is 0.504 e. The number of phenolic OH excluding ortho intramolecular Hbond substituents is 1. The number of aromatic hydroxyl groups is 1. The number of phenols is 1. The maximum Gasteiger partial charge on any atom is 0.271 e. The van der Waals surface area contributed by atoms with Gasteiger partial charge in [0.25, 0.3) is 5.56 Å². The highest BCUT2D eigenvalue weighted by atomic mass is 79.9. The Morgan fingerprint density at radius 3 is 2.64 bits per heavy atom. The summed E-state index contributed by atoms with van der Waals surface area (Å²) in [5, 5.41) is 9.89. The molecule has 4 aromatic rings. The molecule has 1 atom stereocenters. The molecule has 0 amide bonds. The van der Waals surface area contributed by atoms with Gasteiger partial charge >= 0.3 is 0 Å². The molecule has 36 heavy (non-hydrogen) atoms. The molecular formula is C27H21BrN2O5S. The number of nitrogens with zero attached hydrogens (tertiary/aromatic N) is 2. The number of ketones is 1. The van der Waals surface area contributed by atoms with E-state index in [4.69, 9.17) is 9.15 Å². The Hall–Kier alpha value is -3.69. The lowest BCUT2D eigenvalue weighted by atomic mass is 9.98. The number of carbonyl (C=O) groups is 1. The van der Waals surface area contributed by atoms with Gasteiger partial charge in [0.05, 0.1) is 11.6 Å². The summed E-state index contributed by atoms with van der Waals surface area (Å²) in [6.45, 7) is 3.24. The summed E-state index contributed by atoms with van der Waals surface area (Å²) in [5.41, 5.74) is 2.24. The van der Waals surface area contributed by atoms with Gasteiger partial charge in [0.1, 0.15) is 17.6 Å². The van der Waals surface area contributed by atoms with Crippen LogP contribution in [0, 0.1) is 0 Å². The monoisotopic (exact) mass is 564 g/mol. The van der Waals surface area contributed by atoms with Crippen LogP contribution in [0.4, 0.5) is 0 Å². The number of ether oxygens (including phenoxy) is 1. The smallest absolute Gasteiger partial charge is 0.271 e. The van der Waals surface area contributed by atoms with Crippen LogP contribution in [-0.4, -0.2) is 22.6 Å². The van der Waals surface area contributed by atoms with E-state index in [1.165, 1.54) is 36.0 Å². The number of hydrogen-bond acceptors (Lipinski definition) is 7. The molecule has 5 rings (SSSR count). The van der Waals surface area contributed by atoms with E-state index < -0.39 is 6.04 Å². The Kier molecular flexibility index (Phi) is 6.27. The van der Waals surface area contributed by atoms with Crippen LogP contribution in [0.3, 0.4) is 0 Å². The van der Waals surface area contributed by atoms with Gasteiger partial charge in [-0.2, -0.15) is 0 Å². The zero-order valence-corrected chi connectivity index (χ0v) is 22.0. The predicted molar refractivity (Wildman–Crippen MR) is 141 cm³/mol. The fourth-order valence-electron chi connectivity index (χ4n) is 4.24. The molecule has 9 heteroatoms. The maximum atomic E-state index is 13.6. The van der Waals surface area contributed by atoms with Crippen molar-refractivity contribution in [2.24, 2.45) is 4.99 Å². The fourth-order valence-corrected chi connectivity index (χ4v) is 5.56. The van der Waals surface area contributed by atoms with Crippen LogP contribution in [0.15, 0.2) is 84.5 Å². The van der Waals surface area contributed by atoms with E-state index in [0.29, 0.717) is 43.4 Å². The van der Waals surface area contributed by atoms with Crippen LogP contribution in [0.2, 0.25) is 0 Å². The van der Waals surface area contributed by atoms with Gasteiger partial charge in [0.2, 0.25) is 0 Å². The summed E-state index contributed by atoms with van der Waals surface area (Å²) >= 11 is 4.66. The first-order valence-corrected chi connectivity index (χ1v) is 12.6. The molecule has 0 saturated heterocycles. The van der Waals surface area contributed by atoms with Crippen molar-refractivity contribution in [3.8, 4) is 22.8 Å². The SMILES string of the molecule is COc1cc(/C=c2/sc3n(c2=O)[C@@H](c2ccc(-c4ccc(Br)cc4)o2)C(C(C)=O)=C(C)N=3)ccc1O. The Bertz CT molecular complexity index is 1710. The Labute approximate surface area is 218 Å². The van der Waals surface area contributed by atoms with E-state index in [-0.39, 0.29) is 17.1 Å². The van der Waals surface area contributed by atoms with Gasteiger partial charge in [-0.25, -0.2) is 4.99 Å². The number of fused-ring (bicyclic) bond motifs is 1. The van der Waals surface area contributed by atoms with Gasteiger partial charge in [-0.05, 0) is 61.9 Å². The van der Waals surface area contributed by atoms with Crippen molar-refractivity contribution in [3.05, 3.63) is 101 Å². The first kappa shape index (κ1) is 24.0. The molecule has 0 spiro atoms. The molecule has 0 radical (unpaired) electrons. The summed E-state index contributed by atoms with van der Waals surface area (Å²) in [4.78, 5) is 31.4. The third kappa shape index (κ3) is 4.25. The molecule has 0 unspecified atom stereocenters. The number of halogens is 1. The van der Waals surface area contributed by atoms with Gasteiger partial charge in [-0.15, -0.1) is 0 Å². The van der Waals surface area contributed by atoms with Crippen LogP contribution >= 0.6 is 27.3 Å².